The van der Waals surface area contributed by atoms with E-state index in [-0.39, 0.29) is 13.2 Å². The predicted octanol–water partition coefficient (Wildman–Crippen LogP) is -1.10. The number of esters is 1. The van der Waals surface area contributed by atoms with Gasteiger partial charge in [0, 0.05) is 6.54 Å². The minimum absolute atomic E-state index is 0.180. The Kier molecular flexibility index (Phi) is 3.65. The maximum atomic E-state index is 11.3. The Bertz CT molecular complexity index is 290. The molecule has 0 unspecified atom stereocenters. The smallest absolute Gasteiger partial charge is 0.330 e. The third-order valence-corrected chi connectivity index (χ3v) is 2.14. The molecule has 1 aliphatic heterocycles. The van der Waals surface area contributed by atoms with Crippen LogP contribution in [0.25, 0.3) is 0 Å². The highest BCUT2D eigenvalue weighted by atomic mass is 16.5. The number of hydrogen-bond acceptors (Lipinski definition) is 4. The maximum absolute atomic E-state index is 11.3. The Morgan fingerprint density at radius 3 is 2.73 bits per heavy atom. The van der Waals surface area contributed by atoms with Crippen molar-refractivity contribution >= 4 is 17.8 Å². The van der Waals surface area contributed by atoms with Gasteiger partial charge in [0.05, 0.1) is 13.2 Å². The fraction of sp³-hybridized carbons (Fsp3) is 0.667. The van der Waals surface area contributed by atoms with Crippen LogP contribution in [0.3, 0.4) is 0 Å². The van der Waals surface area contributed by atoms with E-state index >= 15 is 0 Å². The van der Waals surface area contributed by atoms with E-state index in [0.29, 0.717) is 6.54 Å². The molecule has 0 bridgehead atoms. The second kappa shape index (κ2) is 4.77. The van der Waals surface area contributed by atoms with Crippen molar-refractivity contribution in [2.75, 3.05) is 19.7 Å². The molecule has 1 atom stereocenters. The van der Waals surface area contributed by atoms with Crippen LogP contribution in [0.15, 0.2) is 0 Å². The van der Waals surface area contributed by atoms with Crippen LogP contribution in [0.2, 0.25) is 0 Å². The molecule has 1 heterocycles. The standard InChI is InChI=1S/C9H14N2O4/c1-3-11-5-6(9(14)15-4-2)10-7(12)8(11)13/h6H,3-5H2,1-2H3,(H,10,12)/t6-/m0/s1. The quantitative estimate of drug-likeness (QED) is 0.478. The lowest BCUT2D eigenvalue weighted by Gasteiger charge is -2.30. The number of carbonyl (C=O) groups is 3. The number of likely N-dealkylation sites (N-methyl/N-ethyl adjacent to an activating group) is 1. The fourth-order valence-electron chi connectivity index (χ4n) is 1.36. The largest absolute Gasteiger partial charge is 0.464 e. The molecule has 1 aliphatic rings. The van der Waals surface area contributed by atoms with E-state index < -0.39 is 23.8 Å². The lowest BCUT2D eigenvalue weighted by Crippen LogP contribution is -2.60. The normalized spacial score (nSPS) is 21.2. The van der Waals surface area contributed by atoms with E-state index in [1.165, 1.54) is 4.90 Å². The summed E-state index contributed by atoms with van der Waals surface area (Å²) in [4.78, 5) is 35.1. The minimum Gasteiger partial charge on any atom is -0.464 e. The van der Waals surface area contributed by atoms with Crippen molar-refractivity contribution in [1.82, 2.24) is 10.2 Å². The van der Waals surface area contributed by atoms with E-state index in [1.807, 2.05) is 0 Å². The van der Waals surface area contributed by atoms with Crippen molar-refractivity contribution in [3.63, 3.8) is 0 Å². The molecule has 1 saturated heterocycles. The van der Waals surface area contributed by atoms with Gasteiger partial charge in [-0.25, -0.2) is 4.79 Å². The molecule has 6 nitrogen and oxygen atoms in total. The topological polar surface area (TPSA) is 75.7 Å². The molecule has 0 aromatic rings. The fourth-order valence-corrected chi connectivity index (χ4v) is 1.36. The molecule has 0 aromatic carbocycles. The lowest BCUT2D eigenvalue weighted by atomic mass is 10.2. The van der Waals surface area contributed by atoms with Crippen LogP contribution in [0, 0.1) is 0 Å². The summed E-state index contributed by atoms with van der Waals surface area (Å²) in [5, 5.41) is 2.31. The van der Waals surface area contributed by atoms with Gasteiger partial charge in [0.15, 0.2) is 0 Å². The lowest BCUT2D eigenvalue weighted by molar-refractivity contribution is -0.156. The first-order valence-electron chi connectivity index (χ1n) is 4.86. The molecular weight excluding hydrogens is 200 g/mol. The van der Waals surface area contributed by atoms with Gasteiger partial charge in [-0.15, -0.1) is 0 Å². The molecule has 1 N–H and O–H groups in total. The van der Waals surface area contributed by atoms with E-state index in [4.69, 9.17) is 4.74 Å². The van der Waals surface area contributed by atoms with Gasteiger partial charge in [-0.05, 0) is 13.8 Å². The van der Waals surface area contributed by atoms with Crippen LogP contribution in [0.1, 0.15) is 13.8 Å². The summed E-state index contributed by atoms with van der Waals surface area (Å²) in [5.74, 6) is -1.85. The summed E-state index contributed by atoms with van der Waals surface area (Å²) in [5.41, 5.74) is 0. The summed E-state index contributed by atoms with van der Waals surface area (Å²) in [6, 6.07) is -0.741. The SMILES string of the molecule is CCOC(=O)[C@@H]1CN(CC)C(=O)C(=O)N1. The summed E-state index contributed by atoms with van der Waals surface area (Å²) in [6.45, 7) is 4.28. The van der Waals surface area contributed by atoms with E-state index in [1.54, 1.807) is 13.8 Å². The van der Waals surface area contributed by atoms with Gasteiger partial charge < -0.3 is 15.0 Å². The van der Waals surface area contributed by atoms with Crippen molar-refractivity contribution in [1.29, 1.82) is 0 Å². The van der Waals surface area contributed by atoms with E-state index in [2.05, 4.69) is 5.32 Å². The Morgan fingerprint density at radius 2 is 2.20 bits per heavy atom. The van der Waals surface area contributed by atoms with Crippen molar-refractivity contribution in [2.45, 2.75) is 19.9 Å². The van der Waals surface area contributed by atoms with Crippen molar-refractivity contribution in [2.24, 2.45) is 0 Å². The molecule has 6 heteroatoms. The molecule has 1 fully saturated rings. The van der Waals surface area contributed by atoms with Crippen LogP contribution in [0.5, 0.6) is 0 Å². The maximum Gasteiger partial charge on any atom is 0.330 e. The molecule has 0 saturated carbocycles. The zero-order valence-corrected chi connectivity index (χ0v) is 8.78. The van der Waals surface area contributed by atoms with Gasteiger partial charge in [0.1, 0.15) is 6.04 Å². The highest BCUT2D eigenvalue weighted by Crippen LogP contribution is 2.03. The number of hydrogen-bond donors (Lipinski definition) is 1. The summed E-state index contributed by atoms with van der Waals surface area (Å²) in [7, 11) is 0. The Balaban J connectivity index is 2.67. The summed E-state index contributed by atoms with van der Waals surface area (Å²) >= 11 is 0. The first-order valence-corrected chi connectivity index (χ1v) is 4.86. The average molecular weight is 214 g/mol. The Labute approximate surface area is 87.6 Å². The monoisotopic (exact) mass is 214 g/mol. The van der Waals surface area contributed by atoms with Gasteiger partial charge >= 0.3 is 17.8 Å². The average Bonchev–Trinajstić information content (AvgIpc) is 2.22. The highest BCUT2D eigenvalue weighted by Gasteiger charge is 2.35. The number of rotatable bonds is 3. The molecule has 84 valence electrons. The minimum atomic E-state index is -0.749. The molecule has 0 aliphatic carbocycles. The number of nitrogens with zero attached hydrogens (tertiary/aromatic N) is 1. The van der Waals surface area contributed by atoms with Crippen LogP contribution < -0.4 is 5.32 Å². The number of amides is 2. The number of piperazine rings is 1. The first kappa shape index (κ1) is 11.5. The van der Waals surface area contributed by atoms with Crippen LogP contribution >= 0.6 is 0 Å². The Hall–Kier alpha value is -1.59. The van der Waals surface area contributed by atoms with Crippen LogP contribution in [-0.4, -0.2) is 48.4 Å². The number of carbonyl (C=O) groups excluding carboxylic acids is 3. The third kappa shape index (κ3) is 2.45. The summed E-state index contributed by atoms with van der Waals surface area (Å²) < 4.78 is 4.77. The van der Waals surface area contributed by atoms with Gasteiger partial charge in [-0.1, -0.05) is 0 Å². The zero-order valence-electron chi connectivity index (χ0n) is 8.78. The second-order valence-corrected chi connectivity index (χ2v) is 3.12. The third-order valence-electron chi connectivity index (χ3n) is 2.14. The molecule has 0 radical (unpaired) electrons. The van der Waals surface area contributed by atoms with E-state index in [0.717, 1.165) is 0 Å². The Morgan fingerprint density at radius 1 is 1.53 bits per heavy atom. The van der Waals surface area contributed by atoms with Crippen molar-refractivity contribution in [3.05, 3.63) is 0 Å². The van der Waals surface area contributed by atoms with Crippen molar-refractivity contribution in [3.8, 4) is 0 Å². The first-order chi connectivity index (χ1) is 7.10. The van der Waals surface area contributed by atoms with Crippen LogP contribution in [-0.2, 0) is 19.1 Å². The van der Waals surface area contributed by atoms with Gasteiger partial charge in [0.25, 0.3) is 0 Å². The summed E-state index contributed by atoms with van der Waals surface area (Å²) in [6.07, 6.45) is 0. The second-order valence-electron chi connectivity index (χ2n) is 3.12. The van der Waals surface area contributed by atoms with Gasteiger partial charge in [0.2, 0.25) is 0 Å². The van der Waals surface area contributed by atoms with Gasteiger partial charge in [-0.2, -0.15) is 0 Å². The highest BCUT2D eigenvalue weighted by molar-refractivity contribution is 6.36. The number of nitrogens with one attached hydrogen (secondary N) is 1. The molecular formula is C9H14N2O4. The zero-order chi connectivity index (χ0) is 11.4. The molecule has 1 rings (SSSR count). The molecule has 2 amide bonds. The number of ether oxygens (including phenoxy) is 1. The van der Waals surface area contributed by atoms with Gasteiger partial charge in [-0.3, -0.25) is 9.59 Å². The predicted molar refractivity (Wildman–Crippen MR) is 50.8 cm³/mol. The molecule has 15 heavy (non-hydrogen) atoms. The molecule has 0 spiro atoms. The van der Waals surface area contributed by atoms with Crippen molar-refractivity contribution < 1.29 is 19.1 Å². The van der Waals surface area contributed by atoms with Crippen LogP contribution in [0.4, 0.5) is 0 Å². The van der Waals surface area contributed by atoms with E-state index in [9.17, 15) is 14.4 Å². The molecule has 0 aromatic heterocycles.